The van der Waals surface area contributed by atoms with Crippen molar-refractivity contribution in [2.45, 2.75) is 4.99 Å². The Hall–Kier alpha value is -1.83. The van der Waals surface area contributed by atoms with E-state index in [1.165, 1.54) is 4.90 Å². The van der Waals surface area contributed by atoms with Crippen LogP contribution in [0.25, 0.3) is 22.2 Å². The van der Waals surface area contributed by atoms with Gasteiger partial charge in [-0.2, -0.15) is 12.6 Å². The van der Waals surface area contributed by atoms with Gasteiger partial charge in [0.1, 0.15) is 5.82 Å². The molecule has 142 valence electrons. The number of carbonyl (C=O) groups is 1. The Balaban J connectivity index is 2.01. The molecule has 0 aliphatic carbocycles. The summed E-state index contributed by atoms with van der Waals surface area (Å²) in [6, 6.07) is 10.4. The lowest BCUT2D eigenvalue weighted by molar-refractivity contribution is 0.0827. The van der Waals surface area contributed by atoms with Crippen LogP contribution in [-0.4, -0.2) is 44.7 Å². The number of amides is 1. The zero-order valence-electron chi connectivity index (χ0n) is 14.4. The van der Waals surface area contributed by atoms with Crippen LogP contribution in [0.15, 0.2) is 36.4 Å². The van der Waals surface area contributed by atoms with Crippen molar-refractivity contribution in [3.8, 4) is 11.1 Å². The number of aromatic amines is 1. The van der Waals surface area contributed by atoms with Crippen molar-refractivity contribution in [1.29, 1.82) is 0 Å². The molecular formula is C17H17ClN3O4PS. The van der Waals surface area contributed by atoms with Crippen molar-refractivity contribution in [3.63, 3.8) is 0 Å². The quantitative estimate of drug-likeness (QED) is 0.377. The lowest BCUT2D eigenvalue weighted by Crippen LogP contribution is -2.21. The molecule has 0 fully saturated rings. The second kappa shape index (κ2) is 7.30. The second-order valence-electron chi connectivity index (χ2n) is 6.21. The van der Waals surface area contributed by atoms with E-state index < -0.39 is 12.6 Å². The predicted molar refractivity (Wildman–Crippen MR) is 108 cm³/mol. The first-order chi connectivity index (χ1) is 12.6. The molecule has 0 spiro atoms. The summed E-state index contributed by atoms with van der Waals surface area (Å²) in [5.74, 6) is -0.0286. The molecule has 0 aliphatic heterocycles. The van der Waals surface area contributed by atoms with Crippen LogP contribution in [0.4, 0.5) is 0 Å². The maximum atomic E-state index is 12.0. The fraction of sp³-hybridized carbons (Fsp3) is 0.176. The highest BCUT2D eigenvalue weighted by Gasteiger charge is 2.29. The van der Waals surface area contributed by atoms with Crippen molar-refractivity contribution in [3.05, 3.63) is 52.8 Å². The third-order valence-electron chi connectivity index (χ3n) is 4.00. The zero-order chi connectivity index (χ0) is 19.9. The van der Waals surface area contributed by atoms with E-state index in [2.05, 4.69) is 22.6 Å². The number of imidazole rings is 1. The Kier molecular flexibility index (Phi) is 5.38. The molecule has 0 saturated heterocycles. The largest absolute Gasteiger partial charge is 0.345 e. The molecule has 2 aromatic carbocycles. The number of thiol groups is 1. The molecule has 1 amide bonds. The second-order valence-corrected chi connectivity index (χ2v) is 9.24. The average Bonchev–Trinajstić information content (AvgIpc) is 3.01. The summed E-state index contributed by atoms with van der Waals surface area (Å²) in [5.41, 5.74) is 3.09. The number of benzene rings is 2. The Bertz CT molecular complexity index is 1060. The molecule has 1 aromatic heterocycles. The lowest BCUT2D eigenvalue weighted by Gasteiger charge is -2.11. The summed E-state index contributed by atoms with van der Waals surface area (Å²) in [6.07, 6.45) is 0. The Labute approximate surface area is 165 Å². The smallest absolute Gasteiger partial charge is 0.345 e. The highest BCUT2D eigenvalue weighted by Crippen LogP contribution is 2.53. The molecule has 0 bridgehead atoms. The summed E-state index contributed by atoms with van der Waals surface area (Å²) in [4.78, 5) is 37.8. The van der Waals surface area contributed by atoms with E-state index in [9.17, 15) is 19.1 Å². The lowest BCUT2D eigenvalue weighted by atomic mass is 10.0. The Morgan fingerprint density at radius 2 is 1.89 bits per heavy atom. The molecule has 10 heteroatoms. The number of rotatable bonds is 4. The van der Waals surface area contributed by atoms with Gasteiger partial charge in [-0.25, -0.2) is 4.98 Å². The van der Waals surface area contributed by atoms with Crippen LogP contribution in [0, 0.1) is 0 Å². The molecule has 0 saturated carbocycles. The third-order valence-corrected chi connectivity index (χ3v) is 6.34. The molecule has 3 aromatic rings. The number of nitrogens with zero attached hydrogens (tertiary/aromatic N) is 2. The number of H-pyrrole nitrogens is 1. The number of halogens is 1. The van der Waals surface area contributed by atoms with Gasteiger partial charge in [-0.05, 0) is 29.8 Å². The van der Waals surface area contributed by atoms with Crippen molar-refractivity contribution < 1.29 is 19.1 Å². The number of carbonyl (C=O) groups excluding carboxylic acids is 1. The minimum absolute atomic E-state index is 0.0711. The normalized spacial score (nSPS) is 13.0. The number of nitrogens with one attached hydrogen (secondary N) is 1. The molecular weight excluding hydrogens is 409 g/mol. The highest BCUT2D eigenvalue weighted by molar-refractivity contribution is 7.88. The van der Waals surface area contributed by atoms with Gasteiger partial charge < -0.3 is 19.7 Å². The maximum absolute atomic E-state index is 12.0. The topological polar surface area (TPSA) is 107 Å². The van der Waals surface area contributed by atoms with Crippen LogP contribution >= 0.6 is 31.8 Å². The zero-order valence-corrected chi connectivity index (χ0v) is 17.0. The molecule has 0 radical (unpaired) electrons. The summed E-state index contributed by atoms with van der Waals surface area (Å²) in [7, 11) is -1.07. The van der Waals surface area contributed by atoms with Crippen molar-refractivity contribution in [2.75, 3.05) is 14.1 Å². The number of hydrogen-bond donors (Lipinski definition) is 4. The summed E-state index contributed by atoms with van der Waals surface area (Å²) in [6.45, 7) is 0. The van der Waals surface area contributed by atoms with Crippen molar-refractivity contribution >= 4 is 48.8 Å². The average molecular weight is 426 g/mol. The van der Waals surface area contributed by atoms with Crippen LogP contribution in [0.3, 0.4) is 0 Å². The standard InChI is InChI=1S/C17H17ClN3O4PS/c1-21(2)16(22)10-5-3-9(4-6-10)11-7-13-14(8-12(11)18)20-15(19-13)17(27)26(23,24)25/h3-8,17,27H,1-2H3,(H,19,20)(H2,23,24,25). The van der Waals surface area contributed by atoms with Crippen LogP contribution in [0.2, 0.25) is 5.02 Å². The summed E-state index contributed by atoms with van der Waals surface area (Å²) in [5, 5.41) is 0.441. The molecule has 3 N–H and O–H groups in total. The number of hydrogen-bond acceptors (Lipinski definition) is 4. The van der Waals surface area contributed by atoms with Crippen LogP contribution < -0.4 is 0 Å². The van der Waals surface area contributed by atoms with E-state index >= 15 is 0 Å². The van der Waals surface area contributed by atoms with E-state index in [0.717, 1.165) is 5.56 Å². The number of fused-ring (bicyclic) bond motifs is 1. The minimum atomic E-state index is -4.44. The number of aromatic nitrogens is 2. The van der Waals surface area contributed by atoms with Crippen molar-refractivity contribution in [1.82, 2.24) is 14.9 Å². The summed E-state index contributed by atoms with van der Waals surface area (Å²) >= 11 is 10.3. The van der Waals surface area contributed by atoms with Gasteiger partial charge in [0.25, 0.3) is 5.91 Å². The molecule has 1 atom stereocenters. The SMILES string of the molecule is CN(C)C(=O)c1ccc(-c2cc3nc(C(S)P(=O)(O)O)[nH]c3cc2Cl)cc1. The van der Waals surface area contributed by atoms with Crippen LogP contribution in [0.1, 0.15) is 21.2 Å². The molecule has 3 rings (SSSR count). The summed E-state index contributed by atoms with van der Waals surface area (Å²) < 4.78 is 11.4. The molecule has 1 heterocycles. The van der Waals surface area contributed by atoms with Gasteiger partial charge in [0.15, 0.2) is 4.99 Å². The minimum Gasteiger partial charge on any atom is -0.345 e. The van der Waals surface area contributed by atoms with Gasteiger partial charge >= 0.3 is 7.60 Å². The maximum Gasteiger partial charge on any atom is 0.345 e. The predicted octanol–water partition coefficient (Wildman–Crippen LogP) is 3.69. The monoisotopic (exact) mass is 425 g/mol. The Morgan fingerprint density at radius 3 is 2.44 bits per heavy atom. The van der Waals surface area contributed by atoms with E-state index in [1.54, 1.807) is 50.5 Å². The van der Waals surface area contributed by atoms with Gasteiger partial charge in [0.05, 0.1) is 16.1 Å². The van der Waals surface area contributed by atoms with E-state index in [4.69, 9.17) is 11.6 Å². The fourth-order valence-corrected chi connectivity index (χ4v) is 3.44. The highest BCUT2D eigenvalue weighted by atomic mass is 35.5. The van der Waals surface area contributed by atoms with Gasteiger partial charge in [0.2, 0.25) is 0 Å². The van der Waals surface area contributed by atoms with Crippen LogP contribution in [-0.2, 0) is 4.57 Å². The van der Waals surface area contributed by atoms with Crippen LogP contribution in [0.5, 0.6) is 0 Å². The fourth-order valence-electron chi connectivity index (χ4n) is 2.60. The van der Waals surface area contributed by atoms with Gasteiger partial charge in [-0.1, -0.05) is 23.7 Å². The van der Waals surface area contributed by atoms with Gasteiger partial charge in [0, 0.05) is 25.2 Å². The van der Waals surface area contributed by atoms with Crippen molar-refractivity contribution in [2.24, 2.45) is 0 Å². The van der Waals surface area contributed by atoms with Gasteiger partial charge in [-0.15, -0.1) is 0 Å². The third kappa shape index (κ3) is 4.05. The Morgan fingerprint density at radius 1 is 1.26 bits per heavy atom. The molecule has 27 heavy (non-hydrogen) atoms. The van der Waals surface area contributed by atoms with E-state index in [-0.39, 0.29) is 11.7 Å². The first-order valence-corrected chi connectivity index (χ1v) is 10.4. The first kappa shape index (κ1) is 19.9. The first-order valence-electron chi connectivity index (χ1n) is 7.82. The van der Waals surface area contributed by atoms with E-state index in [0.29, 0.717) is 27.2 Å². The molecule has 1 unspecified atom stereocenters. The van der Waals surface area contributed by atoms with E-state index in [1.807, 2.05) is 0 Å². The van der Waals surface area contributed by atoms with Gasteiger partial charge in [-0.3, -0.25) is 9.36 Å². The molecule has 0 aliphatic rings. The molecule has 7 nitrogen and oxygen atoms in total.